The minimum atomic E-state index is -1.79. The predicted octanol–water partition coefficient (Wildman–Crippen LogP) is 2.25. The van der Waals surface area contributed by atoms with Gasteiger partial charge in [-0.05, 0) is 17.8 Å². The van der Waals surface area contributed by atoms with E-state index in [-0.39, 0.29) is 0 Å². The number of hydrogen-bond donors (Lipinski definition) is 0. The lowest BCUT2D eigenvalue weighted by atomic mass is 10.4. The molecule has 0 spiro atoms. The lowest BCUT2D eigenvalue weighted by Crippen LogP contribution is -2.22. The smallest absolute Gasteiger partial charge is 0.303 e. The average Bonchev–Trinajstić information content (AvgIpc) is 1.88. The summed E-state index contributed by atoms with van der Waals surface area (Å²) in [6.07, 6.45) is 0. The van der Waals surface area contributed by atoms with E-state index >= 15 is 0 Å². The third-order valence-corrected chi connectivity index (χ3v) is 3.48. The van der Waals surface area contributed by atoms with Crippen molar-refractivity contribution in [3.63, 3.8) is 0 Å². The molecular weight excluding hydrogens is 211 g/mol. The van der Waals surface area contributed by atoms with Gasteiger partial charge in [0, 0.05) is 4.47 Å². The van der Waals surface area contributed by atoms with Crippen molar-refractivity contribution in [3.8, 4) is 0 Å². The maximum Gasteiger partial charge on any atom is 0.303 e. The van der Waals surface area contributed by atoms with E-state index in [1.807, 2.05) is 24.3 Å². The summed E-state index contributed by atoms with van der Waals surface area (Å²) in [6.45, 7) is 1.63. The van der Waals surface area contributed by atoms with Crippen LogP contribution in [0.4, 0.5) is 4.11 Å². The molecule has 0 aliphatic rings. The van der Waals surface area contributed by atoms with Crippen molar-refractivity contribution in [2.75, 3.05) is 0 Å². The van der Waals surface area contributed by atoms with Gasteiger partial charge in [-0.2, -0.15) is 0 Å². The van der Waals surface area contributed by atoms with Crippen molar-refractivity contribution in [2.45, 2.75) is 6.55 Å². The third-order valence-electron chi connectivity index (χ3n) is 1.24. The maximum absolute atomic E-state index is 12.8. The number of hydrogen-bond acceptors (Lipinski definition) is 0. The van der Waals surface area contributed by atoms with E-state index in [1.165, 1.54) is 0 Å². The highest BCUT2D eigenvalue weighted by Gasteiger charge is 2.09. The van der Waals surface area contributed by atoms with Crippen LogP contribution < -0.4 is 5.19 Å². The van der Waals surface area contributed by atoms with Gasteiger partial charge in [0.2, 0.25) is 0 Å². The standard InChI is InChI=1S/C7H7BrFSi/c1-10(9)7-5-3-2-4-6(7)8/h2-5H,1H3. The largest absolute Gasteiger partial charge is 0.308 e. The average molecular weight is 218 g/mol. The summed E-state index contributed by atoms with van der Waals surface area (Å²) in [5.41, 5.74) is 0. The molecule has 0 aliphatic heterocycles. The Hall–Kier alpha value is -0.153. The Morgan fingerprint density at radius 2 is 2.00 bits per heavy atom. The molecule has 0 fully saturated rings. The van der Waals surface area contributed by atoms with Gasteiger partial charge in [-0.1, -0.05) is 34.1 Å². The highest BCUT2D eigenvalue weighted by molar-refractivity contribution is 9.10. The molecule has 0 unspecified atom stereocenters. The summed E-state index contributed by atoms with van der Waals surface area (Å²) in [4.78, 5) is 0. The van der Waals surface area contributed by atoms with Gasteiger partial charge in [-0.3, -0.25) is 0 Å². The zero-order chi connectivity index (χ0) is 7.56. The second-order valence-electron chi connectivity index (χ2n) is 2.01. The van der Waals surface area contributed by atoms with Crippen molar-refractivity contribution in [3.05, 3.63) is 28.7 Å². The van der Waals surface area contributed by atoms with Gasteiger partial charge in [0.05, 0.1) is 0 Å². The molecule has 0 nitrogen and oxygen atoms in total. The fraction of sp³-hybridized carbons (Fsp3) is 0.143. The molecular formula is C7H7BrFSi. The Balaban J connectivity index is 3.03. The Labute approximate surface area is 70.0 Å². The van der Waals surface area contributed by atoms with E-state index in [4.69, 9.17) is 0 Å². The summed E-state index contributed by atoms with van der Waals surface area (Å²) < 4.78 is 13.6. The van der Waals surface area contributed by atoms with Crippen molar-refractivity contribution < 1.29 is 4.11 Å². The molecule has 0 atom stereocenters. The summed E-state index contributed by atoms with van der Waals surface area (Å²) in [6, 6.07) is 7.42. The van der Waals surface area contributed by atoms with Gasteiger partial charge in [0.25, 0.3) is 0 Å². The van der Waals surface area contributed by atoms with Gasteiger partial charge in [0.15, 0.2) is 0 Å². The second-order valence-corrected chi connectivity index (χ2v) is 4.47. The number of rotatable bonds is 1. The topological polar surface area (TPSA) is 0 Å². The molecule has 0 bridgehead atoms. The predicted molar refractivity (Wildman–Crippen MR) is 46.5 cm³/mol. The van der Waals surface area contributed by atoms with Crippen LogP contribution in [0.3, 0.4) is 0 Å². The molecule has 0 saturated carbocycles. The first-order valence-corrected chi connectivity index (χ1v) is 5.63. The van der Waals surface area contributed by atoms with Gasteiger partial charge >= 0.3 is 9.13 Å². The molecule has 1 rings (SSSR count). The van der Waals surface area contributed by atoms with Crippen molar-refractivity contribution in [2.24, 2.45) is 0 Å². The van der Waals surface area contributed by atoms with E-state index in [0.717, 1.165) is 9.66 Å². The molecule has 0 N–H and O–H groups in total. The lowest BCUT2D eigenvalue weighted by Gasteiger charge is -2.00. The SMILES string of the molecule is C[Si](F)c1ccccc1Br. The van der Waals surface area contributed by atoms with Gasteiger partial charge in [-0.15, -0.1) is 0 Å². The van der Waals surface area contributed by atoms with Crippen LogP contribution in [0.2, 0.25) is 6.55 Å². The summed E-state index contributed by atoms with van der Waals surface area (Å²) >= 11 is 3.28. The first kappa shape index (κ1) is 7.95. The Kier molecular flexibility index (Phi) is 2.62. The molecule has 53 valence electrons. The van der Waals surface area contributed by atoms with Crippen LogP contribution in [0, 0.1) is 0 Å². The van der Waals surface area contributed by atoms with E-state index in [9.17, 15) is 4.11 Å². The molecule has 0 aliphatic carbocycles. The molecule has 10 heavy (non-hydrogen) atoms. The van der Waals surface area contributed by atoms with E-state index in [1.54, 1.807) is 6.55 Å². The molecule has 0 aromatic heterocycles. The second kappa shape index (κ2) is 3.30. The minimum absolute atomic E-state index is 0.813. The zero-order valence-corrected chi connectivity index (χ0v) is 8.15. The summed E-state index contributed by atoms with van der Waals surface area (Å²) in [5, 5.41) is 0.813. The fourth-order valence-corrected chi connectivity index (χ4v) is 2.58. The van der Waals surface area contributed by atoms with Gasteiger partial charge in [-0.25, -0.2) is 0 Å². The molecule has 0 amide bonds. The van der Waals surface area contributed by atoms with Crippen molar-refractivity contribution >= 4 is 30.2 Å². The third kappa shape index (κ3) is 1.67. The Bertz CT molecular complexity index is 225. The monoisotopic (exact) mass is 217 g/mol. The first-order valence-electron chi connectivity index (χ1n) is 2.96. The highest BCUT2D eigenvalue weighted by atomic mass is 79.9. The quantitative estimate of drug-likeness (QED) is 0.501. The summed E-state index contributed by atoms with van der Waals surface area (Å²) in [7, 11) is -1.79. The van der Waals surface area contributed by atoms with Crippen LogP contribution in [0.1, 0.15) is 0 Å². The number of benzene rings is 1. The fourth-order valence-electron chi connectivity index (χ4n) is 0.741. The van der Waals surface area contributed by atoms with Crippen molar-refractivity contribution in [1.29, 1.82) is 0 Å². The maximum atomic E-state index is 12.8. The molecule has 1 aromatic carbocycles. The van der Waals surface area contributed by atoms with Gasteiger partial charge < -0.3 is 4.11 Å². The highest BCUT2D eigenvalue weighted by Crippen LogP contribution is 2.06. The molecule has 0 saturated heterocycles. The normalized spacial score (nSPS) is 10.4. The van der Waals surface area contributed by atoms with Crippen LogP contribution in [-0.4, -0.2) is 9.13 Å². The molecule has 1 radical (unpaired) electrons. The zero-order valence-electron chi connectivity index (χ0n) is 5.57. The molecule has 3 heteroatoms. The van der Waals surface area contributed by atoms with E-state index in [2.05, 4.69) is 15.9 Å². The minimum Gasteiger partial charge on any atom is -0.308 e. The van der Waals surface area contributed by atoms with Gasteiger partial charge in [0.1, 0.15) is 0 Å². The van der Waals surface area contributed by atoms with Crippen LogP contribution in [-0.2, 0) is 0 Å². The molecule has 1 aromatic rings. The molecule has 0 heterocycles. The van der Waals surface area contributed by atoms with Crippen LogP contribution in [0.5, 0.6) is 0 Å². The Morgan fingerprint density at radius 3 is 2.40 bits per heavy atom. The Morgan fingerprint density at radius 1 is 1.40 bits per heavy atom. The van der Waals surface area contributed by atoms with E-state index < -0.39 is 9.13 Å². The number of halogens is 2. The lowest BCUT2D eigenvalue weighted by molar-refractivity contribution is 0.856. The first-order chi connectivity index (χ1) is 4.72. The van der Waals surface area contributed by atoms with Crippen LogP contribution in [0.25, 0.3) is 0 Å². The van der Waals surface area contributed by atoms with E-state index in [0.29, 0.717) is 0 Å². The summed E-state index contributed by atoms with van der Waals surface area (Å²) in [5.74, 6) is 0. The van der Waals surface area contributed by atoms with Crippen molar-refractivity contribution in [1.82, 2.24) is 0 Å². The van der Waals surface area contributed by atoms with Crippen LogP contribution in [0.15, 0.2) is 28.7 Å². The van der Waals surface area contributed by atoms with Crippen LogP contribution >= 0.6 is 15.9 Å².